The first-order chi connectivity index (χ1) is 12.0. The van der Waals surface area contributed by atoms with Crippen molar-refractivity contribution >= 4 is 28.9 Å². The Labute approximate surface area is 150 Å². The van der Waals surface area contributed by atoms with Gasteiger partial charge >= 0.3 is 0 Å². The third-order valence-electron chi connectivity index (χ3n) is 4.13. The average molecular weight is 361 g/mol. The van der Waals surface area contributed by atoms with Crippen LogP contribution in [0.1, 0.15) is 17.5 Å². The van der Waals surface area contributed by atoms with Crippen LogP contribution in [0.15, 0.2) is 36.4 Å². The third-order valence-corrected chi connectivity index (χ3v) is 4.44. The van der Waals surface area contributed by atoms with Crippen molar-refractivity contribution < 1.29 is 14.5 Å². The molecule has 130 valence electrons. The lowest BCUT2D eigenvalue weighted by molar-refractivity contribution is -0.384. The number of carbonyl (C=O) groups excluding carboxylic acids is 1. The standard InChI is InChI=1S/C18H17ClN2O4/c1-12-4-6-15(19)17(9-12)25-11-18(22)20-8-2-3-13-10-14(21(23)24)5-7-16(13)20/h4-7,9-10H,2-3,8,11H2,1H3. The largest absolute Gasteiger partial charge is 0.482 e. The zero-order chi connectivity index (χ0) is 18.0. The second-order valence-corrected chi connectivity index (χ2v) is 6.35. The molecule has 1 amide bonds. The number of nitro groups is 1. The van der Waals surface area contributed by atoms with E-state index in [0.717, 1.165) is 17.5 Å². The molecule has 0 fully saturated rings. The molecule has 6 nitrogen and oxygen atoms in total. The second-order valence-electron chi connectivity index (χ2n) is 5.94. The van der Waals surface area contributed by atoms with Crippen molar-refractivity contribution in [3.8, 4) is 5.75 Å². The van der Waals surface area contributed by atoms with Crippen molar-refractivity contribution in [1.29, 1.82) is 0 Å². The number of ether oxygens (including phenoxy) is 1. The zero-order valence-electron chi connectivity index (χ0n) is 13.7. The van der Waals surface area contributed by atoms with Gasteiger partial charge in [0.15, 0.2) is 6.61 Å². The van der Waals surface area contributed by atoms with Crippen molar-refractivity contribution in [2.24, 2.45) is 0 Å². The van der Waals surface area contributed by atoms with Gasteiger partial charge in [-0.05, 0) is 49.1 Å². The fourth-order valence-electron chi connectivity index (χ4n) is 2.89. The summed E-state index contributed by atoms with van der Waals surface area (Å²) in [5.41, 5.74) is 2.54. The third kappa shape index (κ3) is 3.74. The molecule has 1 aliphatic rings. The maximum Gasteiger partial charge on any atom is 0.269 e. The Morgan fingerprint density at radius 2 is 2.12 bits per heavy atom. The summed E-state index contributed by atoms with van der Waals surface area (Å²) in [6, 6.07) is 9.96. The number of benzene rings is 2. The number of nitro benzene ring substituents is 1. The Bertz CT molecular complexity index is 838. The van der Waals surface area contributed by atoms with Crippen LogP contribution in [0, 0.1) is 17.0 Å². The van der Waals surface area contributed by atoms with Gasteiger partial charge in [-0.2, -0.15) is 0 Å². The van der Waals surface area contributed by atoms with Crippen molar-refractivity contribution in [2.75, 3.05) is 18.1 Å². The van der Waals surface area contributed by atoms with Crippen molar-refractivity contribution in [3.05, 3.63) is 62.7 Å². The van der Waals surface area contributed by atoms with Crippen LogP contribution in [0.3, 0.4) is 0 Å². The first-order valence-corrected chi connectivity index (χ1v) is 8.30. The van der Waals surface area contributed by atoms with E-state index in [9.17, 15) is 14.9 Å². The molecule has 0 saturated carbocycles. The maximum atomic E-state index is 12.6. The molecule has 25 heavy (non-hydrogen) atoms. The topological polar surface area (TPSA) is 72.7 Å². The molecule has 0 unspecified atom stereocenters. The van der Waals surface area contributed by atoms with Crippen LogP contribution in [0.5, 0.6) is 5.75 Å². The van der Waals surface area contributed by atoms with Gasteiger partial charge in [-0.25, -0.2) is 0 Å². The average Bonchev–Trinajstić information content (AvgIpc) is 2.61. The molecule has 1 aliphatic heterocycles. The quantitative estimate of drug-likeness (QED) is 0.612. The highest BCUT2D eigenvalue weighted by atomic mass is 35.5. The molecule has 0 radical (unpaired) electrons. The Balaban J connectivity index is 1.75. The Morgan fingerprint density at radius 1 is 1.32 bits per heavy atom. The van der Waals surface area contributed by atoms with E-state index in [1.807, 2.05) is 13.0 Å². The fraction of sp³-hybridized carbons (Fsp3) is 0.278. The number of hydrogen-bond acceptors (Lipinski definition) is 4. The molecule has 1 heterocycles. The number of rotatable bonds is 4. The molecule has 0 atom stereocenters. The van der Waals surface area contributed by atoms with Gasteiger partial charge in [0.1, 0.15) is 5.75 Å². The number of anilines is 1. The lowest BCUT2D eigenvalue weighted by Crippen LogP contribution is -2.38. The summed E-state index contributed by atoms with van der Waals surface area (Å²) < 4.78 is 5.58. The minimum absolute atomic E-state index is 0.0378. The Hall–Kier alpha value is -2.60. The molecule has 0 bridgehead atoms. The van der Waals surface area contributed by atoms with Gasteiger partial charge in [0, 0.05) is 24.4 Å². The Kier molecular flexibility index (Phi) is 4.90. The first kappa shape index (κ1) is 17.2. The van der Waals surface area contributed by atoms with E-state index in [-0.39, 0.29) is 18.2 Å². The van der Waals surface area contributed by atoms with Gasteiger partial charge in [0.25, 0.3) is 11.6 Å². The minimum Gasteiger partial charge on any atom is -0.482 e. The van der Waals surface area contributed by atoms with Crippen LogP contribution in [-0.2, 0) is 11.2 Å². The van der Waals surface area contributed by atoms with Gasteiger partial charge in [0.05, 0.1) is 9.95 Å². The molecule has 0 N–H and O–H groups in total. The zero-order valence-corrected chi connectivity index (χ0v) is 14.5. The summed E-state index contributed by atoms with van der Waals surface area (Å²) in [6.07, 6.45) is 1.47. The molecule has 0 aliphatic carbocycles. The van der Waals surface area contributed by atoms with Crippen LogP contribution in [0.2, 0.25) is 5.02 Å². The number of non-ortho nitro benzene ring substituents is 1. The number of halogens is 1. The first-order valence-electron chi connectivity index (χ1n) is 7.92. The summed E-state index contributed by atoms with van der Waals surface area (Å²) in [5.74, 6) is 0.267. The van der Waals surface area contributed by atoms with Crippen LogP contribution in [0.25, 0.3) is 0 Å². The van der Waals surface area contributed by atoms with Crippen LogP contribution in [-0.4, -0.2) is 24.0 Å². The smallest absolute Gasteiger partial charge is 0.269 e. The van der Waals surface area contributed by atoms with E-state index in [2.05, 4.69) is 0 Å². The number of nitrogens with zero attached hydrogens (tertiary/aromatic N) is 2. The minimum atomic E-state index is -0.427. The van der Waals surface area contributed by atoms with Crippen molar-refractivity contribution in [3.63, 3.8) is 0 Å². The Morgan fingerprint density at radius 3 is 2.88 bits per heavy atom. The van der Waals surface area contributed by atoms with Crippen molar-refractivity contribution in [1.82, 2.24) is 0 Å². The maximum absolute atomic E-state index is 12.6. The van der Waals surface area contributed by atoms with Gasteiger partial charge in [-0.1, -0.05) is 17.7 Å². The van der Waals surface area contributed by atoms with Crippen LogP contribution in [0.4, 0.5) is 11.4 Å². The van der Waals surface area contributed by atoms with E-state index in [1.54, 1.807) is 23.1 Å². The monoisotopic (exact) mass is 360 g/mol. The summed E-state index contributed by atoms with van der Waals surface area (Å²) >= 11 is 6.08. The summed E-state index contributed by atoms with van der Waals surface area (Å²) in [6.45, 7) is 2.34. The number of aryl methyl sites for hydroxylation is 2. The summed E-state index contributed by atoms with van der Waals surface area (Å²) in [5, 5.41) is 11.4. The van der Waals surface area contributed by atoms with E-state index in [1.165, 1.54) is 12.1 Å². The highest BCUT2D eigenvalue weighted by molar-refractivity contribution is 6.32. The SMILES string of the molecule is Cc1ccc(Cl)c(OCC(=O)N2CCCc3cc([N+](=O)[O-])ccc32)c1. The molecule has 0 spiro atoms. The van der Waals surface area contributed by atoms with E-state index >= 15 is 0 Å². The molecule has 7 heteroatoms. The molecule has 2 aromatic carbocycles. The normalized spacial score (nSPS) is 13.3. The van der Waals surface area contributed by atoms with Crippen LogP contribution >= 0.6 is 11.6 Å². The number of hydrogen-bond donors (Lipinski definition) is 0. The predicted molar refractivity (Wildman–Crippen MR) is 95.5 cm³/mol. The van der Waals surface area contributed by atoms with Crippen molar-refractivity contribution in [2.45, 2.75) is 19.8 Å². The fourth-order valence-corrected chi connectivity index (χ4v) is 3.07. The summed E-state index contributed by atoms with van der Waals surface area (Å²) in [4.78, 5) is 24.7. The summed E-state index contributed by atoms with van der Waals surface area (Å²) in [7, 11) is 0. The highest BCUT2D eigenvalue weighted by Crippen LogP contribution is 2.31. The lowest BCUT2D eigenvalue weighted by atomic mass is 10.0. The highest BCUT2D eigenvalue weighted by Gasteiger charge is 2.24. The van der Waals surface area contributed by atoms with Gasteiger partial charge in [-0.3, -0.25) is 14.9 Å². The molecule has 0 aromatic heterocycles. The predicted octanol–water partition coefficient (Wildman–Crippen LogP) is 3.91. The van der Waals surface area contributed by atoms with E-state index in [0.29, 0.717) is 29.4 Å². The van der Waals surface area contributed by atoms with E-state index < -0.39 is 4.92 Å². The van der Waals surface area contributed by atoms with Crippen LogP contribution < -0.4 is 9.64 Å². The molecule has 0 saturated heterocycles. The molecule has 2 aromatic rings. The number of fused-ring (bicyclic) bond motifs is 1. The lowest BCUT2D eigenvalue weighted by Gasteiger charge is -2.29. The second kappa shape index (κ2) is 7.11. The number of carbonyl (C=O) groups is 1. The van der Waals surface area contributed by atoms with Gasteiger partial charge < -0.3 is 9.64 Å². The number of amides is 1. The molecular weight excluding hydrogens is 344 g/mol. The van der Waals surface area contributed by atoms with E-state index in [4.69, 9.17) is 16.3 Å². The molecular formula is C18H17ClN2O4. The van der Waals surface area contributed by atoms with Gasteiger partial charge in [0.2, 0.25) is 0 Å². The van der Waals surface area contributed by atoms with Gasteiger partial charge in [-0.15, -0.1) is 0 Å². The molecule has 3 rings (SSSR count).